The summed E-state index contributed by atoms with van der Waals surface area (Å²) in [5.41, 5.74) is 0. The third kappa shape index (κ3) is 9.77. The van der Waals surface area contributed by atoms with Gasteiger partial charge in [-0.25, -0.2) is 0 Å². The van der Waals surface area contributed by atoms with E-state index < -0.39 is 0 Å². The van der Waals surface area contributed by atoms with Crippen LogP contribution in [0.1, 0.15) is 86.5 Å². The minimum Gasteiger partial charge on any atom is -0.350 e. The number of rotatable bonds is 13. The van der Waals surface area contributed by atoms with Gasteiger partial charge in [-0.3, -0.25) is 0 Å². The van der Waals surface area contributed by atoms with Crippen LogP contribution in [0.4, 0.5) is 0 Å². The molecular formula is C18H38O2. The van der Waals surface area contributed by atoms with E-state index in [2.05, 4.69) is 41.5 Å². The third-order valence-electron chi connectivity index (χ3n) is 3.56. The quantitative estimate of drug-likeness (QED) is 0.315. The van der Waals surface area contributed by atoms with E-state index in [0.29, 0.717) is 11.8 Å². The maximum absolute atomic E-state index is 6.18. The first kappa shape index (κ1) is 19.9. The molecule has 0 aromatic rings. The summed E-state index contributed by atoms with van der Waals surface area (Å²) in [5.74, 6) is 0.771. The minimum atomic E-state index is -0.346. The van der Waals surface area contributed by atoms with Crippen LogP contribution in [-0.4, -0.2) is 19.0 Å². The molecule has 2 heteroatoms. The first-order valence-electron chi connectivity index (χ1n) is 8.73. The first-order valence-corrected chi connectivity index (χ1v) is 8.73. The van der Waals surface area contributed by atoms with Crippen molar-refractivity contribution in [2.45, 2.75) is 92.3 Å². The molecule has 0 radical (unpaired) electrons. The summed E-state index contributed by atoms with van der Waals surface area (Å²) in [4.78, 5) is 0. The lowest BCUT2D eigenvalue weighted by atomic mass is 10.0. The zero-order chi connectivity index (χ0) is 15.4. The molecule has 0 saturated carbocycles. The Morgan fingerprint density at radius 3 is 1.65 bits per heavy atom. The van der Waals surface area contributed by atoms with Crippen LogP contribution in [0.25, 0.3) is 0 Å². The fraction of sp³-hybridized carbons (Fsp3) is 1.00. The molecule has 0 N–H and O–H groups in total. The van der Waals surface area contributed by atoms with Crippen molar-refractivity contribution in [2.75, 3.05) is 13.2 Å². The highest BCUT2D eigenvalue weighted by Gasteiger charge is 2.30. The van der Waals surface area contributed by atoms with Crippen molar-refractivity contribution in [3.05, 3.63) is 0 Å². The highest BCUT2D eigenvalue weighted by molar-refractivity contribution is 4.70. The second-order valence-electron chi connectivity index (χ2n) is 6.84. The Bertz CT molecular complexity index is 199. The molecule has 0 bridgehead atoms. The van der Waals surface area contributed by atoms with Gasteiger partial charge >= 0.3 is 0 Å². The van der Waals surface area contributed by atoms with Gasteiger partial charge in [-0.15, -0.1) is 0 Å². The van der Waals surface area contributed by atoms with Crippen LogP contribution in [0.3, 0.4) is 0 Å². The number of unbranched alkanes of at least 4 members (excludes halogenated alkanes) is 4. The number of ether oxygens (including phenoxy) is 2. The van der Waals surface area contributed by atoms with Crippen LogP contribution < -0.4 is 0 Å². The molecule has 20 heavy (non-hydrogen) atoms. The monoisotopic (exact) mass is 286 g/mol. The summed E-state index contributed by atoms with van der Waals surface area (Å²) in [7, 11) is 0. The van der Waals surface area contributed by atoms with Gasteiger partial charge in [-0.2, -0.15) is 0 Å². The van der Waals surface area contributed by atoms with Gasteiger partial charge < -0.3 is 9.47 Å². The van der Waals surface area contributed by atoms with Gasteiger partial charge in [-0.1, -0.05) is 67.2 Å². The molecule has 0 aliphatic heterocycles. The molecule has 2 nitrogen and oxygen atoms in total. The molecule has 0 saturated heterocycles. The largest absolute Gasteiger partial charge is 0.350 e. The predicted octanol–water partition coefficient (Wildman–Crippen LogP) is 5.80. The molecule has 0 aromatic carbocycles. The molecule has 0 fully saturated rings. The van der Waals surface area contributed by atoms with Gasteiger partial charge in [-0.05, 0) is 24.7 Å². The predicted molar refractivity (Wildman–Crippen MR) is 88.0 cm³/mol. The lowest BCUT2D eigenvalue weighted by molar-refractivity contribution is -0.251. The van der Waals surface area contributed by atoms with Crippen molar-refractivity contribution >= 4 is 0 Å². The Kier molecular flexibility index (Phi) is 11.5. The fourth-order valence-electron chi connectivity index (χ4n) is 2.20. The van der Waals surface area contributed by atoms with Crippen LogP contribution in [0, 0.1) is 11.8 Å². The van der Waals surface area contributed by atoms with Gasteiger partial charge in [0, 0.05) is 6.42 Å². The van der Waals surface area contributed by atoms with Crippen molar-refractivity contribution in [1.82, 2.24) is 0 Å². The minimum absolute atomic E-state index is 0.346. The van der Waals surface area contributed by atoms with E-state index >= 15 is 0 Å². The summed E-state index contributed by atoms with van der Waals surface area (Å²) in [5, 5.41) is 0. The smallest absolute Gasteiger partial charge is 0.168 e. The lowest BCUT2D eigenvalue weighted by Crippen LogP contribution is -2.37. The molecule has 0 amide bonds. The van der Waals surface area contributed by atoms with Crippen molar-refractivity contribution in [3.8, 4) is 0 Å². The van der Waals surface area contributed by atoms with Crippen molar-refractivity contribution in [1.29, 1.82) is 0 Å². The standard InChI is InChI=1S/C18H38O2/c1-7-9-10-11-12-13-18(8-2,19-14-16(3)4)20-15-17(5)6/h16-17H,7-15H2,1-6H3. The van der Waals surface area contributed by atoms with E-state index in [1.54, 1.807) is 0 Å². The Morgan fingerprint density at radius 2 is 1.25 bits per heavy atom. The maximum atomic E-state index is 6.18. The van der Waals surface area contributed by atoms with E-state index in [4.69, 9.17) is 9.47 Å². The molecule has 0 unspecified atom stereocenters. The Balaban J connectivity index is 4.32. The van der Waals surface area contributed by atoms with Gasteiger partial charge in [0.25, 0.3) is 0 Å². The van der Waals surface area contributed by atoms with Crippen LogP contribution in [-0.2, 0) is 9.47 Å². The van der Waals surface area contributed by atoms with Gasteiger partial charge in [0.15, 0.2) is 5.79 Å². The van der Waals surface area contributed by atoms with Crippen LogP contribution in [0.2, 0.25) is 0 Å². The normalized spacial score (nSPS) is 12.6. The van der Waals surface area contributed by atoms with E-state index in [9.17, 15) is 0 Å². The molecule has 0 aliphatic rings. The van der Waals surface area contributed by atoms with Crippen LogP contribution in [0.15, 0.2) is 0 Å². The lowest BCUT2D eigenvalue weighted by Gasteiger charge is -2.34. The highest BCUT2D eigenvalue weighted by Crippen LogP contribution is 2.27. The van der Waals surface area contributed by atoms with Crippen molar-refractivity contribution in [3.63, 3.8) is 0 Å². The first-order chi connectivity index (χ1) is 9.45. The van der Waals surface area contributed by atoms with E-state index in [1.807, 2.05) is 0 Å². The summed E-state index contributed by atoms with van der Waals surface area (Å²) >= 11 is 0. The van der Waals surface area contributed by atoms with Gasteiger partial charge in [0.2, 0.25) is 0 Å². The Hall–Kier alpha value is -0.0800. The van der Waals surface area contributed by atoms with Crippen LogP contribution in [0.5, 0.6) is 0 Å². The third-order valence-corrected chi connectivity index (χ3v) is 3.56. The maximum Gasteiger partial charge on any atom is 0.168 e. The zero-order valence-corrected chi connectivity index (χ0v) is 14.8. The average Bonchev–Trinajstić information content (AvgIpc) is 2.41. The fourth-order valence-corrected chi connectivity index (χ4v) is 2.20. The number of hydrogen-bond donors (Lipinski definition) is 0. The van der Waals surface area contributed by atoms with Gasteiger partial charge in [0.05, 0.1) is 13.2 Å². The summed E-state index contributed by atoms with van der Waals surface area (Å²) < 4.78 is 12.4. The van der Waals surface area contributed by atoms with Crippen molar-refractivity contribution < 1.29 is 9.47 Å². The summed E-state index contributed by atoms with van der Waals surface area (Å²) in [6.45, 7) is 14.8. The van der Waals surface area contributed by atoms with Crippen molar-refractivity contribution in [2.24, 2.45) is 11.8 Å². The molecule has 0 aromatic heterocycles. The molecule has 0 spiro atoms. The second-order valence-corrected chi connectivity index (χ2v) is 6.84. The zero-order valence-electron chi connectivity index (χ0n) is 14.8. The van der Waals surface area contributed by atoms with E-state index in [-0.39, 0.29) is 5.79 Å². The average molecular weight is 286 g/mol. The molecule has 0 heterocycles. The van der Waals surface area contributed by atoms with E-state index in [0.717, 1.165) is 26.1 Å². The molecule has 0 rings (SSSR count). The summed E-state index contributed by atoms with van der Waals surface area (Å²) in [6.07, 6.45) is 8.47. The second kappa shape index (κ2) is 11.6. The highest BCUT2D eigenvalue weighted by atomic mass is 16.7. The molecule has 122 valence electrons. The van der Waals surface area contributed by atoms with E-state index in [1.165, 1.54) is 32.1 Å². The molecule has 0 aliphatic carbocycles. The topological polar surface area (TPSA) is 18.5 Å². The Labute approximate surface area is 127 Å². The summed E-state index contributed by atoms with van der Waals surface area (Å²) in [6, 6.07) is 0. The molecular weight excluding hydrogens is 248 g/mol. The number of hydrogen-bond acceptors (Lipinski definition) is 2. The Morgan fingerprint density at radius 1 is 0.750 bits per heavy atom. The van der Waals surface area contributed by atoms with Crippen LogP contribution >= 0.6 is 0 Å². The van der Waals surface area contributed by atoms with Gasteiger partial charge in [0.1, 0.15) is 0 Å². The molecule has 0 atom stereocenters. The SMILES string of the molecule is CCCCCCCC(CC)(OCC(C)C)OCC(C)C.